The Balaban J connectivity index is 2.18. The van der Waals surface area contributed by atoms with Crippen molar-refractivity contribution in [3.8, 4) is 11.5 Å². The van der Waals surface area contributed by atoms with Gasteiger partial charge in [0.15, 0.2) is 0 Å². The first-order valence-corrected chi connectivity index (χ1v) is 11.5. The number of phenolic OH excluding ortho intramolecular Hbond substituents is 1. The van der Waals surface area contributed by atoms with Gasteiger partial charge >= 0.3 is 5.97 Å². The first-order valence-electron chi connectivity index (χ1n) is 7.83. The second-order valence-electron chi connectivity index (χ2n) is 7.28. The fourth-order valence-corrected chi connectivity index (χ4v) is 4.92. The molecule has 23 heavy (non-hydrogen) atoms. The Morgan fingerprint density at radius 2 is 1.96 bits per heavy atom. The van der Waals surface area contributed by atoms with Crippen molar-refractivity contribution in [2.75, 3.05) is 7.11 Å². The average Bonchev–Trinajstić information content (AvgIpc) is 2.88. The Kier molecular flexibility index (Phi) is 3.84. The molecule has 4 nitrogen and oxygen atoms in total. The molecule has 2 aromatic rings. The monoisotopic (exact) mass is 330 g/mol. The van der Waals surface area contributed by atoms with Crippen LogP contribution < -0.4 is 4.74 Å². The first kappa shape index (κ1) is 15.9. The zero-order valence-electron chi connectivity index (χ0n) is 14.0. The molecule has 0 saturated carbocycles. The van der Waals surface area contributed by atoms with Crippen LogP contribution in [0.4, 0.5) is 0 Å². The lowest BCUT2D eigenvalue weighted by Crippen LogP contribution is -2.29. The Bertz CT molecular complexity index is 777. The molecule has 0 aliphatic carbocycles. The Morgan fingerprint density at radius 1 is 1.30 bits per heavy atom. The Morgan fingerprint density at radius 3 is 2.57 bits per heavy atom. The topological polar surface area (TPSA) is 55.8 Å². The highest BCUT2D eigenvalue weighted by molar-refractivity contribution is 6.76. The molecule has 122 valence electrons. The highest BCUT2D eigenvalue weighted by Gasteiger charge is 2.35. The zero-order valence-corrected chi connectivity index (χ0v) is 15.0. The molecule has 0 aromatic heterocycles. The van der Waals surface area contributed by atoms with Gasteiger partial charge in [-0.3, -0.25) is 0 Å². The fourth-order valence-electron chi connectivity index (χ4n) is 3.33. The Labute approximate surface area is 137 Å². The van der Waals surface area contributed by atoms with E-state index in [0.29, 0.717) is 11.8 Å². The molecule has 1 aliphatic heterocycles. The molecule has 1 atom stereocenters. The summed E-state index contributed by atoms with van der Waals surface area (Å²) < 4.78 is 11.1. The predicted octanol–water partition coefficient (Wildman–Crippen LogP) is 3.97. The first-order chi connectivity index (χ1) is 10.8. The largest absolute Gasteiger partial charge is 0.506 e. The molecule has 0 radical (unpaired) electrons. The molecule has 0 saturated heterocycles. The van der Waals surface area contributed by atoms with Crippen molar-refractivity contribution in [2.45, 2.75) is 38.2 Å². The number of esters is 1. The molecular weight excluding hydrogens is 308 g/mol. The van der Waals surface area contributed by atoms with Crippen molar-refractivity contribution in [2.24, 2.45) is 0 Å². The van der Waals surface area contributed by atoms with Gasteiger partial charge in [-0.05, 0) is 6.04 Å². The van der Waals surface area contributed by atoms with Crippen LogP contribution in [0.3, 0.4) is 0 Å². The Hall–Kier alpha value is -2.01. The van der Waals surface area contributed by atoms with E-state index in [1.54, 1.807) is 6.07 Å². The minimum absolute atomic E-state index is 0.0107. The van der Waals surface area contributed by atoms with Crippen LogP contribution in [0.2, 0.25) is 25.7 Å². The normalized spacial score (nSPS) is 17.0. The minimum Gasteiger partial charge on any atom is -0.506 e. The van der Waals surface area contributed by atoms with Gasteiger partial charge in [0.25, 0.3) is 0 Å². The smallest absolute Gasteiger partial charge is 0.342 e. The lowest BCUT2D eigenvalue weighted by Gasteiger charge is -2.20. The van der Waals surface area contributed by atoms with Gasteiger partial charge in [-0.15, -0.1) is 0 Å². The number of aromatic hydroxyl groups is 1. The van der Waals surface area contributed by atoms with Crippen molar-refractivity contribution in [3.63, 3.8) is 0 Å². The molecule has 0 spiro atoms. The average molecular weight is 330 g/mol. The third kappa shape index (κ3) is 2.81. The highest BCUT2D eigenvalue weighted by Crippen LogP contribution is 2.45. The highest BCUT2D eigenvalue weighted by atomic mass is 28.3. The predicted molar refractivity (Wildman–Crippen MR) is 93.2 cm³/mol. The third-order valence-corrected chi connectivity index (χ3v) is 5.87. The molecule has 0 bridgehead atoms. The van der Waals surface area contributed by atoms with Crippen molar-refractivity contribution in [1.82, 2.24) is 0 Å². The number of fused-ring (bicyclic) bond motifs is 3. The maximum absolute atomic E-state index is 12.2. The van der Waals surface area contributed by atoms with Gasteiger partial charge in [0, 0.05) is 30.8 Å². The van der Waals surface area contributed by atoms with Crippen molar-refractivity contribution in [1.29, 1.82) is 0 Å². The lowest BCUT2D eigenvalue weighted by atomic mass is 9.96. The number of rotatable bonds is 3. The van der Waals surface area contributed by atoms with Gasteiger partial charge in [0.2, 0.25) is 0 Å². The van der Waals surface area contributed by atoms with Gasteiger partial charge in [-0.1, -0.05) is 43.9 Å². The van der Waals surface area contributed by atoms with Gasteiger partial charge < -0.3 is 14.6 Å². The van der Waals surface area contributed by atoms with E-state index in [1.165, 1.54) is 7.11 Å². The van der Waals surface area contributed by atoms with Gasteiger partial charge in [0.1, 0.15) is 23.2 Å². The lowest BCUT2D eigenvalue weighted by molar-refractivity contribution is 0.0596. The summed E-state index contributed by atoms with van der Waals surface area (Å²) >= 11 is 0. The zero-order chi connectivity index (χ0) is 16.8. The summed E-state index contributed by atoms with van der Waals surface area (Å²) in [6.45, 7) is 6.91. The summed E-state index contributed by atoms with van der Waals surface area (Å²) in [5, 5.41) is 12.1. The van der Waals surface area contributed by atoms with E-state index in [9.17, 15) is 9.90 Å². The fraction of sp³-hybridized carbons (Fsp3) is 0.389. The number of hydrogen-bond donors (Lipinski definition) is 1. The molecule has 3 rings (SSSR count). The van der Waals surface area contributed by atoms with E-state index >= 15 is 0 Å². The quantitative estimate of drug-likeness (QED) is 0.683. The van der Waals surface area contributed by atoms with Crippen molar-refractivity contribution < 1.29 is 19.4 Å². The summed E-state index contributed by atoms with van der Waals surface area (Å²) in [6, 6.07) is 8.48. The van der Waals surface area contributed by atoms with Gasteiger partial charge in [-0.25, -0.2) is 4.79 Å². The van der Waals surface area contributed by atoms with Crippen LogP contribution in [-0.2, 0) is 11.2 Å². The van der Waals surface area contributed by atoms with Crippen LogP contribution in [0.25, 0.3) is 10.8 Å². The second kappa shape index (κ2) is 5.56. The number of methoxy groups -OCH3 is 1. The molecule has 1 heterocycles. The molecule has 0 fully saturated rings. The van der Waals surface area contributed by atoms with Crippen LogP contribution in [-0.4, -0.2) is 32.4 Å². The third-order valence-electron chi connectivity index (χ3n) is 4.19. The van der Waals surface area contributed by atoms with E-state index < -0.39 is 14.0 Å². The molecule has 1 N–H and O–H groups in total. The van der Waals surface area contributed by atoms with Crippen molar-refractivity contribution in [3.05, 3.63) is 35.4 Å². The maximum atomic E-state index is 12.2. The molecule has 1 unspecified atom stereocenters. The van der Waals surface area contributed by atoms with Crippen LogP contribution >= 0.6 is 0 Å². The van der Waals surface area contributed by atoms with Crippen LogP contribution in [0, 0.1) is 0 Å². The van der Waals surface area contributed by atoms with E-state index in [-0.39, 0.29) is 17.4 Å². The van der Waals surface area contributed by atoms with Gasteiger partial charge in [0.05, 0.1) is 7.11 Å². The summed E-state index contributed by atoms with van der Waals surface area (Å²) in [7, 11) is 0.0330. The van der Waals surface area contributed by atoms with E-state index in [1.807, 2.05) is 18.2 Å². The number of benzene rings is 2. The van der Waals surface area contributed by atoms with E-state index in [4.69, 9.17) is 9.47 Å². The maximum Gasteiger partial charge on any atom is 0.342 e. The molecule has 1 aliphatic rings. The summed E-state index contributed by atoms with van der Waals surface area (Å²) in [6.07, 6.45) is 0.702. The van der Waals surface area contributed by atoms with Gasteiger partial charge in [-0.2, -0.15) is 0 Å². The van der Waals surface area contributed by atoms with Crippen molar-refractivity contribution >= 4 is 24.8 Å². The molecule has 5 heteroatoms. The summed E-state index contributed by atoms with van der Waals surface area (Å²) in [4.78, 5) is 12.2. The minimum atomic E-state index is -1.30. The molecule has 2 aromatic carbocycles. The second-order valence-corrected chi connectivity index (χ2v) is 12.8. The number of phenols is 1. The SMILES string of the molecule is COC(=O)c1c2c(c3ccccc3c1O)OC(C[Si](C)(C)C)C2. The summed E-state index contributed by atoms with van der Waals surface area (Å²) in [5.41, 5.74) is 1.02. The molecule has 0 amide bonds. The van der Waals surface area contributed by atoms with E-state index in [0.717, 1.165) is 22.7 Å². The number of hydrogen-bond acceptors (Lipinski definition) is 4. The van der Waals surface area contributed by atoms with Crippen LogP contribution in [0.15, 0.2) is 24.3 Å². The molecular formula is C18H22O4Si. The van der Waals surface area contributed by atoms with Crippen LogP contribution in [0.5, 0.6) is 11.5 Å². The van der Waals surface area contributed by atoms with E-state index in [2.05, 4.69) is 19.6 Å². The standard InChI is InChI=1S/C18H22O4Si/c1-21-18(20)15-14-9-11(10-23(2,3)4)22-17(14)13-8-6-5-7-12(13)16(15)19/h5-8,11,19H,9-10H2,1-4H3. The summed E-state index contributed by atoms with van der Waals surface area (Å²) in [5.74, 6) is 0.201. The number of carbonyl (C=O) groups excluding carboxylic acids is 1. The van der Waals surface area contributed by atoms with Crippen LogP contribution in [0.1, 0.15) is 15.9 Å². The number of carbonyl (C=O) groups is 1. The number of ether oxygens (including phenoxy) is 2.